The number of hydrogen-bond acceptors (Lipinski definition) is 3. The average molecular weight is 245 g/mol. The van der Waals surface area contributed by atoms with Crippen molar-refractivity contribution in [1.82, 2.24) is 9.55 Å². The molecule has 0 atom stereocenters. The van der Waals surface area contributed by atoms with Gasteiger partial charge >= 0.3 is 0 Å². The Morgan fingerprint density at radius 1 is 1.33 bits per heavy atom. The summed E-state index contributed by atoms with van der Waals surface area (Å²) in [5.74, 6) is 1.06. The van der Waals surface area contributed by atoms with Crippen molar-refractivity contribution in [3.63, 3.8) is 0 Å². The highest BCUT2D eigenvalue weighted by atomic mass is 16.5. The SMILES string of the molecule is Cc1nc2cc(N)ccc2n1C1(C)CCOCC1. The van der Waals surface area contributed by atoms with Gasteiger partial charge in [0.05, 0.1) is 11.0 Å². The molecule has 1 aliphatic heterocycles. The number of hydrogen-bond donors (Lipinski definition) is 1. The number of aryl methyl sites for hydroxylation is 1. The van der Waals surface area contributed by atoms with Gasteiger partial charge in [-0.2, -0.15) is 0 Å². The molecule has 96 valence electrons. The molecule has 1 aliphatic rings. The number of rotatable bonds is 1. The lowest BCUT2D eigenvalue weighted by Crippen LogP contribution is -2.37. The number of aromatic nitrogens is 2. The zero-order valence-electron chi connectivity index (χ0n) is 10.9. The van der Waals surface area contributed by atoms with Gasteiger partial charge in [-0.15, -0.1) is 0 Å². The number of ether oxygens (including phenoxy) is 1. The Kier molecular flexibility index (Phi) is 2.55. The van der Waals surface area contributed by atoms with Crippen molar-refractivity contribution in [2.45, 2.75) is 32.2 Å². The van der Waals surface area contributed by atoms with Crippen LogP contribution >= 0.6 is 0 Å². The fourth-order valence-electron chi connectivity index (χ4n) is 2.93. The van der Waals surface area contributed by atoms with Gasteiger partial charge in [-0.1, -0.05) is 0 Å². The number of nitrogen functional groups attached to an aromatic ring is 1. The van der Waals surface area contributed by atoms with E-state index in [1.165, 1.54) is 5.52 Å². The number of fused-ring (bicyclic) bond motifs is 1. The number of anilines is 1. The third-order valence-corrected chi connectivity index (χ3v) is 3.96. The van der Waals surface area contributed by atoms with Crippen LogP contribution in [0.25, 0.3) is 11.0 Å². The first-order valence-electron chi connectivity index (χ1n) is 6.43. The first-order chi connectivity index (χ1) is 8.60. The average Bonchev–Trinajstić information content (AvgIpc) is 2.65. The largest absolute Gasteiger partial charge is 0.399 e. The Labute approximate surface area is 107 Å². The minimum atomic E-state index is 0.104. The van der Waals surface area contributed by atoms with Crippen molar-refractivity contribution >= 4 is 16.7 Å². The van der Waals surface area contributed by atoms with Gasteiger partial charge < -0.3 is 15.0 Å². The van der Waals surface area contributed by atoms with Crippen LogP contribution in [0.5, 0.6) is 0 Å². The van der Waals surface area contributed by atoms with E-state index < -0.39 is 0 Å². The Morgan fingerprint density at radius 3 is 2.78 bits per heavy atom. The molecule has 0 bridgehead atoms. The molecule has 1 fully saturated rings. The Hall–Kier alpha value is -1.55. The number of imidazole rings is 1. The van der Waals surface area contributed by atoms with Crippen molar-refractivity contribution < 1.29 is 4.74 Å². The van der Waals surface area contributed by atoms with Crippen LogP contribution in [0, 0.1) is 6.92 Å². The van der Waals surface area contributed by atoms with E-state index in [9.17, 15) is 0 Å². The Balaban J connectivity index is 2.18. The highest BCUT2D eigenvalue weighted by Gasteiger charge is 2.31. The summed E-state index contributed by atoms with van der Waals surface area (Å²) in [7, 11) is 0. The summed E-state index contributed by atoms with van der Waals surface area (Å²) in [6, 6.07) is 5.97. The quantitative estimate of drug-likeness (QED) is 0.785. The highest BCUT2D eigenvalue weighted by Crippen LogP contribution is 2.33. The zero-order valence-corrected chi connectivity index (χ0v) is 10.9. The molecule has 0 unspecified atom stereocenters. The van der Waals surface area contributed by atoms with Gasteiger partial charge in [-0.25, -0.2) is 4.98 Å². The predicted molar refractivity (Wildman–Crippen MR) is 72.6 cm³/mol. The molecule has 0 amide bonds. The van der Waals surface area contributed by atoms with Crippen LogP contribution in [0.15, 0.2) is 18.2 Å². The van der Waals surface area contributed by atoms with E-state index in [2.05, 4.69) is 29.5 Å². The molecular formula is C14H19N3O. The predicted octanol–water partition coefficient (Wildman–Crippen LogP) is 2.45. The van der Waals surface area contributed by atoms with Crippen LogP contribution in [0.2, 0.25) is 0 Å². The van der Waals surface area contributed by atoms with Crippen molar-refractivity contribution in [3.05, 3.63) is 24.0 Å². The molecular weight excluding hydrogens is 226 g/mol. The van der Waals surface area contributed by atoms with Crippen LogP contribution < -0.4 is 5.73 Å². The zero-order chi connectivity index (χ0) is 12.8. The monoisotopic (exact) mass is 245 g/mol. The fraction of sp³-hybridized carbons (Fsp3) is 0.500. The van der Waals surface area contributed by atoms with Gasteiger partial charge in [0.25, 0.3) is 0 Å². The van der Waals surface area contributed by atoms with Gasteiger partial charge in [-0.05, 0) is 44.9 Å². The molecule has 2 aromatic rings. The molecule has 1 aromatic carbocycles. The van der Waals surface area contributed by atoms with Gasteiger partial charge in [-0.3, -0.25) is 0 Å². The lowest BCUT2D eigenvalue weighted by atomic mass is 9.91. The topological polar surface area (TPSA) is 53.1 Å². The maximum atomic E-state index is 5.83. The Bertz CT molecular complexity index is 582. The number of nitrogens with zero attached hydrogens (tertiary/aromatic N) is 2. The van der Waals surface area contributed by atoms with E-state index in [0.717, 1.165) is 43.1 Å². The van der Waals surface area contributed by atoms with Gasteiger partial charge in [0.15, 0.2) is 0 Å². The minimum Gasteiger partial charge on any atom is -0.399 e. The molecule has 1 aromatic heterocycles. The molecule has 0 spiro atoms. The summed E-state index contributed by atoms with van der Waals surface area (Å²) >= 11 is 0. The third kappa shape index (κ3) is 1.68. The molecule has 0 radical (unpaired) electrons. The highest BCUT2D eigenvalue weighted by molar-refractivity contribution is 5.80. The van der Waals surface area contributed by atoms with E-state index >= 15 is 0 Å². The molecule has 4 heteroatoms. The van der Waals surface area contributed by atoms with Gasteiger partial charge in [0.2, 0.25) is 0 Å². The van der Waals surface area contributed by atoms with Gasteiger partial charge in [0, 0.05) is 24.4 Å². The summed E-state index contributed by atoms with van der Waals surface area (Å²) in [5.41, 5.74) is 8.86. The van der Waals surface area contributed by atoms with Crippen LogP contribution in [0.1, 0.15) is 25.6 Å². The first-order valence-corrected chi connectivity index (χ1v) is 6.43. The van der Waals surface area contributed by atoms with Crippen molar-refractivity contribution in [2.75, 3.05) is 18.9 Å². The van der Waals surface area contributed by atoms with Crippen LogP contribution in [0.3, 0.4) is 0 Å². The van der Waals surface area contributed by atoms with Crippen LogP contribution in [0.4, 0.5) is 5.69 Å². The molecule has 3 rings (SSSR count). The summed E-state index contributed by atoms with van der Waals surface area (Å²) in [5, 5.41) is 0. The normalized spacial score (nSPS) is 19.2. The molecule has 0 aliphatic carbocycles. The summed E-state index contributed by atoms with van der Waals surface area (Å²) < 4.78 is 7.83. The minimum absolute atomic E-state index is 0.104. The maximum absolute atomic E-state index is 5.83. The van der Waals surface area contributed by atoms with E-state index in [4.69, 9.17) is 10.5 Å². The second-order valence-corrected chi connectivity index (χ2v) is 5.35. The Morgan fingerprint density at radius 2 is 2.06 bits per heavy atom. The lowest BCUT2D eigenvalue weighted by Gasteiger charge is -2.36. The smallest absolute Gasteiger partial charge is 0.107 e. The van der Waals surface area contributed by atoms with Crippen molar-refractivity contribution in [1.29, 1.82) is 0 Å². The number of benzene rings is 1. The van der Waals surface area contributed by atoms with Gasteiger partial charge in [0.1, 0.15) is 5.82 Å². The van der Waals surface area contributed by atoms with E-state index in [-0.39, 0.29) is 5.54 Å². The molecule has 0 saturated carbocycles. The summed E-state index contributed by atoms with van der Waals surface area (Å²) in [6.45, 7) is 6.01. The first kappa shape index (κ1) is 11.5. The molecule has 4 nitrogen and oxygen atoms in total. The molecule has 1 saturated heterocycles. The number of nitrogens with two attached hydrogens (primary N) is 1. The fourth-order valence-corrected chi connectivity index (χ4v) is 2.93. The second-order valence-electron chi connectivity index (χ2n) is 5.35. The van der Waals surface area contributed by atoms with E-state index in [1.54, 1.807) is 0 Å². The summed E-state index contributed by atoms with van der Waals surface area (Å²) in [4.78, 5) is 4.64. The molecule has 2 heterocycles. The van der Waals surface area contributed by atoms with E-state index in [0.29, 0.717) is 0 Å². The molecule has 2 N–H and O–H groups in total. The van der Waals surface area contributed by atoms with Crippen LogP contribution in [-0.4, -0.2) is 22.8 Å². The lowest BCUT2D eigenvalue weighted by molar-refractivity contribution is 0.0304. The molecule has 18 heavy (non-hydrogen) atoms. The van der Waals surface area contributed by atoms with Crippen molar-refractivity contribution in [2.24, 2.45) is 0 Å². The summed E-state index contributed by atoms with van der Waals surface area (Å²) in [6.07, 6.45) is 2.06. The second kappa shape index (κ2) is 3.99. The standard InChI is InChI=1S/C14H19N3O/c1-10-16-12-9-11(15)3-4-13(12)17(10)14(2)5-7-18-8-6-14/h3-4,9H,5-8,15H2,1-2H3. The van der Waals surface area contributed by atoms with Crippen molar-refractivity contribution in [3.8, 4) is 0 Å². The third-order valence-electron chi connectivity index (χ3n) is 3.96. The maximum Gasteiger partial charge on any atom is 0.107 e. The van der Waals surface area contributed by atoms with E-state index in [1.807, 2.05) is 12.1 Å². The van der Waals surface area contributed by atoms with Crippen LogP contribution in [-0.2, 0) is 10.3 Å².